The Hall–Kier alpha value is -0.260. The number of aldehydes is 1. The highest BCUT2D eigenvalue weighted by Crippen LogP contribution is 2.41. The van der Waals surface area contributed by atoms with Gasteiger partial charge in [-0.2, -0.15) is 0 Å². The SMILES string of the molecule is O=CCCOP(=O)(O)OO. The Morgan fingerprint density at radius 2 is 2.20 bits per heavy atom. The zero-order chi connectivity index (χ0) is 8.04. The molecule has 0 aliphatic rings. The van der Waals surface area contributed by atoms with Crippen molar-refractivity contribution in [3.8, 4) is 0 Å². The first kappa shape index (κ1) is 9.74. The topological polar surface area (TPSA) is 93.1 Å². The van der Waals surface area contributed by atoms with Crippen LogP contribution >= 0.6 is 7.82 Å². The Morgan fingerprint density at radius 3 is 2.60 bits per heavy atom. The van der Waals surface area contributed by atoms with Gasteiger partial charge < -0.3 is 9.69 Å². The van der Waals surface area contributed by atoms with Crippen LogP contribution in [0.15, 0.2) is 0 Å². The molecule has 1 unspecified atom stereocenters. The average Bonchev–Trinajstić information content (AvgIpc) is 1.89. The van der Waals surface area contributed by atoms with Crippen LogP contribution in [-0.4, -0.2) is 23.0 Å². The van der Waals surface area contributed by atoms with E-state index in [0.29, 0.717) is 6.29 Å². The molecule has 2 N–H and O–H groups in total. The summed E-state index contributed by atoms with van der Waals surface area (Å²) >= 11 is 0. The molecule has 0 heterocycles. The highest BCUT2D eigenvalue weighted by atomic mass is 31.2. The molecule has 0 spiro atoms. The average molecular weight is 170 g/mol. The monoisotopic (exact) mass is 170 g/mol. The maximum absolute atomic E-state index is 10.2. The molecule has 0 aliphatic carbocycles. The smallest absolute Gasteiger partial charge is 0.303 e. The van der Waals surface area contributed by atoms with E-state index in [1.165, 1.54) is 0 Å². The van der Waals surface area contributed by atoms with Crippen molar-refractivity contribution in [2.75, 3.05) is 6.61 Å². The molecule has 0 aromatic carbocycles. The summed E-state index contributed by atoms with van der Waals surface area (Å²) in [5, 5.41) is 7.67. The van der Waals surface area contributed by atoms with E-state index in [9.17, 15) is 9.36 Å². The zero-order valence-corrected chi connectivity index (χ0v) is 5.86. The minimum Gasteiger partial charge on any atom is -0.303 e. The van der Waals surface area contributed by atoms with Crippen LogP contribution < -0.4 is 0 Å². The first-order valence-corrected chi connectivity index (χ1v) is 3.86. The lowest BCUT2D eigenvalue weighted by molar-refractivity contribution is -0.162. The van der Waals surface area contributed by atoms with Gasteiger partial charge in [-0.25, -0.2) is 9.82 Å². The molecule has 60 valence electrons. The molecule has 0 amide bonds. The highest BCUT2D eigenvalue weighted by molar-refractivity contribution is 7.47. The third-order valence-electron chi connectivity index (χ3n) is 0.593. The Kier molecular flexibility index (Phi) is 4.42. The Bertz CT molecular complexity index is 144. The number of phosphoric ester groups is 1. The Labute approximate surface area is 56.9 Å². The molecular formula is C3H7O6P. The van der Waals surface area contributed by atoms with E-state index in [-0.39, 0.29) is 13.0 Å². The van der Waals surface area contributed by atoms with Gasteiger partial charge in [-0.15, -0.1) is 4.67 Å². The summed E-state index contributed by atoms with van der Waals surface area (Å²) in [5.41, 5.74) is 0. The Morgan fingerprint density at radius 1 is 1.60 bits per heavy atom. The van der Waals surface area contributed by atoms with Crippen molar-refractivity contribution < 1.29 is 28.7 Å². The lowest BCUT2D eigenvalue weighted by atomic mass is 10.5. The summed E-state index contributed by atoms with van der Waals surface area (Å²) < 4.78 is 17.3. The third kappa shape index (κ3) is 4.60. The van der Waals surface area contributed by atoms with E-state index in [1.807, 2.05) is 0 Å². The fourth-order valence-corrected chi connectivity index (χ4v) is 0.623. The predicted octanol–water partition coefficient (Wildman–Crippen LogP) is 0.182. The number of hydrogen-bond acceptors (Lipinski definition) is 5. The quantitative estimate of drug-likeness (QED) is 0.201. The summed E-state index contributed by atoms with van der Waals surface area (Å²) in [6.07, 6.45) is 0.491. The molecule has 0 aromatic rings. The second kappa shape index (κ2) is 4.54. The lowest BCUT2D eigenvalue weighted by Gasteiger charge is -2.04. The first-order valence-electron chi connectivity index (χ1n) is 2.36. The molecule has 0 radical (unpaired) electrons. The normalized spacial score (nSPS) is 16.2. The third-order valence-corrected chi connectivity index (χ3v) is 1.31. The van der Waals surface area contributed by atoms with Crippen LogP contribution in [0.1, 0.15) is 6.42 Å². The van der Waals surface area contributed by atoms with E-state index < -0.39 is 7.82 Å². The second-order valence-electron chi connectivity index (χ2n) is 1.34. The minimum atomic E-state index is -4.31. The summed E-state index contributed by atoms with van der Waals surface area (Å²) in [7, 11) is -4.31. The fraction of sp³-hybridized carbons (Fsp3) is 0.667. The molecule has 0 bridgehead atoms. The molecule has 0 rings (SSSR count). The van der Waals surface area contributed by atoms with Crippen LogP contribution in [0.2, 0.25) is 0 Å². The molecule has 0 saturated carbocycles. The molecule has 0 fully saturated rings. The zero-order valence-electron chi connectivity index (χ0n) is 4.97. The van der Waals surface area contributed by atoms with Gasteiger partial charge in [-0.3, -0.25) is 4.52 Å². The van der Waals surface area contributed by atoms with Crippen molar-refractivity contribution in [2.24, 2.45) is 0 Å². The van der Waals surface area contributed by atoms with Crippen molar-refractivity contribution in [2.45, 2.75) is 6.42 Å². The molecule has 0 aliphatic heterocycles. The maximum Gasteiger partial charge on any atom is 0.499 e. The van der Waals surface area contributed by atoms with E-state index in [4.69, 9.17) is 10.2 Å². The second-order valence-corrected chi connectivity index (χ2v) is 2.70. The molecule has 0 aromatic heterocycles. The predicted molar refractivity (Wildman–Crippen MR) is 30.2 cm³/mol. The number of hydrogen-bond donors (Lipinski definition) is 2. The number of carbonyl (C=O) groups is 1. The summed E-state index contributed by atoms with van der Waals surface area (Å²) in [4.78, 5) is 17.9. The summed E-state index contributed by atoms with van der Waals surface area (Å²) in [6, 6.07) is 0. The van der Waals surface area contributed by atoms with Crippen LogP contribution in [0, 0.1) is 0 Å². The molecular weight excluding hydrogens is 163 g/mol. The van der Waals surface area contributed by atoms with Crippen LogP contribution in [0.3, 0.4) is 0 Å². The van der Waals surface area contributed by atoms with E-state index in [1.54, 1.807) is 0 Å². The summed E-state index contributed by atoms with van der Waals surface area (Å²) in [6.45, 7) is -0.252. The van der Waals surface area contributed by atoms with Crippen molar-refractivity contribution >= 4 is 14.1 Å². The summed E-state index contributed by atoms with van der Waals surface area (Å²) in [5.74, 6) is 0. The van der Waals surface area contributed by atoms with Crippen molar-refractivity contribution in [1.29, 1.82) is 0 Å². The highest BCUT2D eigenvalue weighted by Gasteiger charge is 2.19. The van der Waals surface area contributed by atoms with Gasteiger partial charge in [0.2, 0.25) is 0 Å². The van der Waals surface area contributed by atoms with Crippen LogP contribution in [-0.2, 0) is 18.6 Å². The van der Waals surface area contributed by atoms with Gasteiger partial charge in [0.05, 0.1) is 6.61 Å². The van der Waals surface area contributed by atoms with Crippen molar-refractivity contribution in [1.82, 2.24) is 0 Å². The maximum atomic E-state index is 10.2. The number of carbonyl (C=O) groups excluding carboxylic acids is 1. The van der Waals surface area contributed by atoms with Crippen molar-refractivity contribution in [3.63, 3.8) is 0 Å². The van der Waals surface area contributed by atoms with Gasteiger partial charge in [0, 0.05) is 6.42 Å². The lowest BCUT2D eigenvalue weighted by Crippen LogP contribution is -1.94. The Balaban J connectivity index is 3.47. The molecule has 6 nitrogen and oxygen atoms in total. The molecule has 1 atom stereocenters. The molecule has 0 saturated heterocycles. The van der Waals surface area contributed by atoms with Gasteiger partial charge in [-0.05, 0) is 0 Å². The minimum absolute atomic E-state index is 0.0199. The van der Waals surface area contributed by atoms with Gasteiger partial charge in [0.25, 0.3) is 0 Å². The molecule has 7 heteroatoms. The number of rotatable bonds is 5. The standard InChI is InChI=1S/C3H7O6P/c4-2-1-3-8-10(6,7)9-5/h2,5H,1,3H2,(H,6,7). The van der Waals surface area contributed by atoms with Gasteiger partial charge >= 0.3 is 7.82 Å². The van der Waals surface area contributed by atoms with Gasteiger partial charge in [0.1, 0.15) is 6.29 Å². The van der Waals surface area contributed by atoms with E-state index >= 15 is 0 Å². The number of phosphoric acid groups is 1. The van der Waals surface area contributed by atoms with Crippen LogP contribution in [0.25, 0.3) is 0 Å². The van der Waals surface area contributed by atoms with Gasteiger partial charge in [-0.1, -0.05) is 0 Å². The van der Waals surface area contributed by atoms with Crippen LogP contribution in [0.4, 0.5) is 0 Å². The molecule has 10 heavy (non-hydrogen) atoms. The largest absolute Gasteiger partial charge is 0.499 e. The first-order chi connectivity index (χ1) is 4.62. The van der Waals surface area contributed by atoms with E-state index in [0.717, 1.165) is 0 Å². The van der Waals surface area contributed by atoms with Crippen molar-refractivity contribution in [3.05, 3.63) is 0 Å². The van der Waals surface area contributed by atoms with Crippen LogP contribution in [0.5, 0.6) is 0 Å². The fourth-order valence-electron chi connectivity index (χ4n) is 0.240. The van der Waals surface area contributed by atoms with Gasteiger partial charge in [0.15, 0.2) is 0 Å². The van der Waals surface area contributed by atoms with E-state index in [2.05, 4.69) is 9.20 Å².